The molecule has 1 aliphatic carbocycles. The molecule has 1 aromatic carbocycles. The third kappa shape index (κ3) is 3.58. The average Bonchev–Trinajstić information content (AvgIpc) is 2.97. The lowest BCUT2D eigenvalue weighted by atomic mass is 9.89. The second-order valence-corrected chi connectivity index (χ2v) is 9.14. The quantitative estimate of drug-likeness (QED) is 0.653. The van der Waals surface area contributed by atoms with Gasteiger partial charge in [0, 0.05) is 15.0 Å². The molecule has 1 atom stereocenters. The largest absolute Gasteiger partial charge is 0.325 e. The van der Waals surface area contributed by atoms with E-state index in [1.165, 1.54) is 9.44 Å². The summed E-state index contributed by atoms with van der Waals surface area (Å²) in [7, 11) is 0. The molecule has 3 aromatic rings. The van der Waals surface area contributed by atoms with Crippen LogP contribution in [-0.2, 0) is 24.2 Å². The maximum absolute atomic E-state index is 13.1. The molecule has 0 spiro atoms. The molecule has 0 saturated carbocycles. The summed E-state index contributed by atoms with van der Waals surface area (Å²) in [4.78, 5) is 32.3. The van der Waals surface area contributed by atoms with Crippen molar-refractivity contribution in [3.8, 4) is 0 Å². The van der Waals surface area contributed by atoms with Crippen LogP contribution in [0, 0.1) is 12.8 Å². The number of halogens is 1. The van der Waals surface area contributed by atoms with Crippen molar-refractivity contribution in [1.82, 2.24) is 9.55 Å². The Hall–Kier alpha value is -1.99. The van der Waals surface area contributed by atoms with Crippen LogP contribution in [0.5, 0.6) is 0 Å². The van der Waals surface area contributed by atoms with Gasteiger partial charge >= 0.3 is 0 Å². The van der Waals surface area contributed by atoms with Crippen LogP contribution >= 0.6 is 27.3 Å². The molecular formula is C20H20BrN3O2S. The highest BCUT2D eigenvalue weighted by atomic mass is 79.9. The predicted molar refractivity (Wildman–Crippen MR) is 113 cm³/mol. The smallest absolute Gasteiger partial charge is 0.263 e. The maximum atomic E-state index is 13.1. The SMILES string of the molecule is Cc1nc2sc3c(c2c(=O)n1CC(=O)Nc1ccc(Br)cc1)CCC(C)C3. The molecule has 2 aromatic heterocycles. The monoisotopic (exact) mass is 445 g/mol. The Bertz CT molecular complexity index is 1090. The van der Waals surface area contributed by atoms with Gasteiger partial charge < -0.3 is 5.32 Å². The lowest BCUT2D eigenvalue weighted by Gasteiger charge is -2.17. The Morgan fingerprint density at radius 1 is 1.37 bits per heavy atom. The van der Waals surface area contributed by atoms with E-state index in [1.54, 1.807) is 18.3 Å². The second-order valence-electron chi connectivity index (χ2n) is 7.14. The van der Waals surface area contributed by atoms with Crippen molar-refractivity contribution in [2.24, 2.45) is 5.92 Å². The molecule has 4 rings (SSSR count). The number of thiophene rings is 1. The molecule has 0 radical (unpaired) electrons. The Labute approximate surface area is 169 Å². The minimum atomic E-state index is -0.235. The molecule has 1 N–H and O–H groups in total. The zero-order chi connectivity index (χ0) is 19.1. The zero-order valence-electron chi connectivity index (χ0n) is 15.2. The van der Waals surface area contributed by atoms with Crippen LogP contribution in [0.4, 0.5) is 5.69 Å². The van der Waals surface area contributed by atoms with Crippen molar-refractivity contribution < 1.29 is 4.79 Å². The number of aromatic nitrogens is 2. The lowest BCUT2D eigenvalue weighted by Crippen LogP contribution is -2.30. The minimum Gasteiger partial charge on any atom is -0.325 e. The van der Waals surface area contributed by atoms with E-state index < -0.39 is 0 Å². The lowest BCUT2D eigenvalue weighted by molar-refractivity contribution is -0.116. The zero-order valence-corrected chi connectivity index (χ0v) is 17.6. The number of carbonyl (C=O) groups excluding carboxylic acids is 1. The number of fused-ring (bicyclic) bond motifs is 3. The highest BCUT2D eigenvalue weighted by Crippen LogP contribution is 2.35. The van der Waals surface area contributed by atoms with Crippen molar-refractivity contribution in [1.29, 1.82) is 0 Å². The molecule has 0 fully saturated rings. The molecule has 0 saturated heterocycles. The van der Waals surface area contributed by atoms with Crippen LogP contribution in [0.25, 0.3) is 10.2 Å². The number of anilines is 1. The summed E-state index contributed by atoms with van der Waals surface area (Å²) in [5.74, 6) is 0.983. The standard InChI is InChI=1S/C20H20BrN3O2S/c1-11-3-8-15-16(9-11)27-19-18(15)20(26)24(12(2)22-19)10-17(25)23-14-6-4-13(21)5-7-14/h4-7,11H,3,8-10H2,1-2H3,(H,23,25). The van der Waals surface area contributed by atoms with Gasteiger partial charge in [0.15, 0.2) is 0 Å². The van der Waals surface area contributed by atoms with E-state index in [4.69, 9.17) is 0 Å². The Morgan fingerprint density at radius 2 is 2.11 bits per heavy atom. The molecule has 1 amide bonds. The van der Waals surface area contributed by atoms with E-state index in [0.29, 0.717) is 22.8 Å². The van der Waals surface area contributed by atoms with E-state index in [1.807, 2.05) is 24.3 Å². The summed E-state index contributed by atoms with van der Waals surface area (Å²) in [5, 5.41) is 3.55. The first kappa shape index (κ1) is 18.4. The van der Waals surface area contributed by atoms with Gasteiger partial charge in [0.2, 0.25) is 5.91 Å². The normalized spacial score (nSPS) is 16.3. The number of amides is 1. The van der Waals surface area contributed by atoms with Crippen molar-refractivity contribution >= 4 is 49.1 Å². The van der Waals surface area contributed by atoms with Crippen LogP contribution in [-0.4, -0.2) is 15.5 Å². The Balaban J connectivity index is 1.66. The third-order valence-electron chi connectivity index (χ3n) is 5.04. The van der Waals surface area contributed by atoms with E-state index in [-0.39, 0.29) is 18.0 Å². The molecule has 0 bridgehead atoms. The number of hydrogen-bond donors (Lipinski definition) is 1. The van der Waals surface area contributed by atoms with Crippen LogP contribution < -0.4 is 10.9 Å². The van der Waals surface area contributed by atoms with Crippen LogP contribution in [0.2, 0.25) is 0 Å². The molecule has 1 unspecified atom stereocenters. The number of carbonyl (C=O) groups is 1. The summed E-state index contributed by atoms with van der Waals surface area (Å²) < 4.78 is 2.43. The fourth-order valence-corrected chi connectivity index (χ4v) is 5.27. The first-order valence-corrected chi connectivity index (χ1v) is 10.6. The molecule has 140 valence electrons. The van der Waals surface area contributed by atoms with E-state index >= 15 is 0 Å². The van der Waals surface area contributed by atoms with Gasteiger partial charge in [0.25, 0.3) is 5.56 Å². The van der Waals surface area contributed by atoms with Crippen molar-refractivity contribution in [3.63, 3.8) is 0 Å². The van der Waals surface area contributed by atoms with Gasteiger partial charge in [-0.1, -0.05) is 22.9 Å². The van der Waals surface area contributed by atoms with Gasteiger partial charge in [-0.2, -0.15) is 0 Å². The fourth-order valence-electron chi connectivity index (χ4n) is 3.59. The second kappa shape index (κ2) is 7.20. The highest BCUT2D eigenvalue weighted by Gasteiger charge is 2.24. The van der Waals surface area contributed by atoms with Gasteiger partial charge in [-0.25, -0.2) is 4.98 Å². The number of nitrogens with one attached hydrogen (secondary N) is 1. The highest BCUT2D eigenvalue weighted by molar-refractivity contribution is 9.10. The molecular weight excluding hydrogens is 426 g/mol. The third-order valence-corrected chi connectivity index (χ3v) is 6.71. The molecule has 7 heteroatoms. The van der Waals surface area contributed by atoms with Crippen LogP contribution in [0.1, 0.15) is 29.6 Å². The number of benzene rings is 1. The number of aryl methyl sites for hydroxylation is 2. The fraction of sp³-hybridized carbons (Fsp3) is 0.350. The predicted octanol–water partition coefficient (Wildman–Crippen LogP) is 4.29. The molecule has 1 aliphatic rings. The van der Waals surface area contributed by atoms with E-state index in [2.05, 4.69) is 33.2 Å². The Kier molecular flexibility index (Phi) is 4.90. The summed E-state index contributed by atoms with van der Waals surface area (Å²) in [6, 6.07) is 7.35. The summed E-state index contributed by atoms with van der Waals surface area (Å²) in [6.45, 7) is 4.00. The topological polar surface area (TPSA) is 64.0 Å². The number of nitrogens with zero attached hydrogens (tertiary/aromatic N) is 2. The first-order valence-electron chi connectivity index (χ1n) is 8.99. The van der Waals surface area contributed by atoms with Crippen molar-refractivity contribution in [3.05, 3.63) is 55.4 Å². The van der Waals surface area contributed by atoms with Gasteiger partial charge in [-0.05, 0) is 61.9 Å². The molecule has 5 nitrogen and oxygen atoms in total. The first-order chi connectivity index (χ1) is 12.9. The molecule has 27 heavy (non-hydrogen) atoms. The molecule has 0 aliphatic heterocycles. The summed E-state index contributed by atoms with van der Waals surface area (Å²) >= 11 is 5.01. The summed E-state index contributed by atoms with van der Waals surface area (Å²) in [5.41, 5.74) is 1.74. The Morgan fingerprint density at radius 3 is 2.85 bits per heavy atom. The van der Waals surface area contributed by atoms with Gasteiger partial charge in [0.05, 0.1) is 5.39 Å². The maximum Gasteiger partial charge on any atom is 0.263 e. The average molecular weight is 446 g/mol. The molecule has 2 heterocycles. The number of rotatable bonds is 3. The van der Waals surface area contributed by atoms with Gasteiger partial charge in [-0.3, -0.25) is 14.2 Å². The van der Waals surface area contributed by atoms with Gasteiger partial charge in [0.1, 0.15) is 17.2 Å². The van der Waals surface area contributed by atoms with Crippen LogP contribution in [0.15, 0.2) is 33.5 Å². The summed E-state index contributed by atoms with van der Waals surface area (Å²) in [6.07, 6.45) is 3.02. The van der Waals surface area contributed by atoms with E-state index in [0.717, 1.165) is 34.1 Å². The van der Waals surface area contributed by atoms with E-state index in [9.17, 15) is 9.59 Å². The van der Waals surface area contributed by atoms with Crippen molar-refractivity contribution in [2.45, 2.75) is 39.7 Å². The van der Waals surface area contributed by atoms with Crippen molar-refractivity contribution in [2.75, 3.05) is 5.32 Å². The number of hydrogen-bond acceptors (Lipinski definition) is 4. The minimum absolute atomic E-state index is 0.0370. The van der Waals surface area contributed by atoms with Gasteiger partial charge in [-0.15, -0.1) is 11.3 Å². The van der Waals surface area contributed by atoms with Crippen LogP contribution in [0.3, 0.4) is 0 Å².